The largest absolute Gasteiger partial charge is 0.352 e. The van der Waals surface area contributed by atoms with E-state index in [1.165, 1.54) is 6.07 Å². The summed E-state index contributed by atoms with van der Waals surface area (Å²) in [6, 6.07) is 5.06. The van der Waals surface area contributed by atoms with Gasteiger partial charge in [-0.05, 0) is 55.7 Å². The van der Waals surface area contributed by atoms with Gasteiger partial charge in [0.15, 0.2) is 0 Å². The van der Waals surface area contributed by atoms with Gasteiger partial charge in [-0.25, -0.2) is 4.39 Å². The van der Waals surface area contributed by atoms with Crippen molar-refractivity contribution in [1.29, 1.82) is 0 Å². The number of nitrogens with one attached hydrogen (secondary N) is 1. The number of rotatable bonds is 4. The zero-order chi connectivity index (χ0) is 15.5. The van der Waals surface area contributed by atoms with Crippen molar-refractivity contribution in [2.45, 2.75) is 46.1 Å². The Morgan fingerprint density at radius 2 is 2.10 bits per heavy atom. The normalized spacial score (nSPS) is 25.6. The summed E-state index contributed by atoms with van der Waals surface area (Å²) >= 11 is 0. The predicted molar refractivity (Wildman–Crippen MR) is 82.1 cm³/mol. The molecule has 1 aromatic carbocycles. The summed E-state index contributed by atoms with van der Waals surface area (Å²) in [5, 5.41) is 2.94. The maximum absolute atomic E-state index is 13.5. The quantitative estimate of drug-likeness (QED) is 0.896. The average molecular weight is 292 g/mol. The van der Waals surface area contributed by atoms with E-state index in [4.69, 9.17) is 5.73 Å². The molecule has 0 radical (unpaired) electrons. The fraction of sp³-hybridized carbons (Fsp3) is 0.588. The van der Waals surface area contributed by atoms with Crippen LogP contribution in [0.5, 0.6) is 0 Å². The zero-order valence-electron chi connectivity index (χ0n) is 12.9. The Hall–Kier alpha value is -1.42. The van der Waals surface area contributed by atoms with E-state index in [1.54, 1.807) is 13.0 Å². The van der Waals surface area contributed by atoms with Crippen LogP contribution in [0.25, 0.3) is 0 Å². The Bertz CT molecular complexity index is 508. The van der Waals surface area contributed by atoms with Gasteiger partial charge in [-0.2, -0.15) is 0 Å². The van der Waals surface area contributed by atoms with Gasteiger partial charge in [0.25, 0.3) is 0 Å². The number of carbonyl (C=O) groups is 1. The minimum Gasteiger partial charge on any atom is -0.352 e. The average Bonchev–Trinajstić information content (AvgIpc) is 2.49. The molecule has 0 heterocycles. The van der Waals surface area contributed by atoms with Crippen molar-refractivity contribution < 1.29 is 9.18 Å². The van der Waals surface area contributed by atoms with E-state index < -0.39 is 5.41 Å². The van der Waals surface area contributed by atoms with Gasteiger partial charge in [0.1, 0.15) is 5.82 Å². The summed E-state index contributed by atoms with van der Waals surface area (Å²) in [5.74, 6) is 0.448. The van der Waals surface area contributed by atoms with Crippen LogP contribution < -0.4 is 11.1 Å². The fourth-order valence-corrected chi connectivity index (χ4v) is 2.95. The molecule has 0 spiro atoms. The second-order valence-electron chi connectivity index (χ2n) is 6.43. The van der Waals surface area contributed by atoms with Crippen molar-refractivity contribution in [3.8, 4) is 0 Å². The summed E-state index contributed by atoms with van der Waals surface area (Å²) < 4.78 is 13.5. The van der Waals surface area contributed by atoms with Gasteiger partial charge >= 0.3 is 0 Å². The number of halogens is 1. The molecule has 21 heavy (non-hydrogen) atoms. The monoisotopic (exact) mass is 292 g/mol. The van der Waals surface area contributed by atoms with Crippen LogP contribution in [0.3, 0.4) is 0 Å². The molecule has 1 amide bonds. The number of hydrogen-bond donors (Lipinski definition) is 2. The molecule has 1 aliphatic carbocycles. The van der Waals surface area contributed by atoms with E-state index >= 15 is 0 Å². The second-order valence-corrected chi connectivity index (χ2v) is 6.43. The van der Waals surface area contributed by atoms with Crippen LogP contribution in [0.4, 0.5) is 4.39 Å². The van der Waals surface area contributed by atoms with Gasteiger partial charge in [-0.3, -0.25) is 4.79 Å². The first kappa shape index (κ1) is 16.0. The second kappa shape index (κ2) is 6.56. The molecular weight excluding hydrogens is 267 g/mol. The number of carbonyl (C=O) groups excluding carboxylic acids is 1. The Morgan fingerprint density at radius 3 is 2.67 bits per heavy atom. The van der Waals surface area contributed by atoms with E-state index in [-0.39, 0.29) is 11.7 Å². The lowest BCUT2D eigenvalue weighted by molar-refractivity contribution is -0.133. The van der Waals surface area contributed by atoms with Crippen LogP contribution in [0.15, 0.2) is 18.2 Å². The van der Waals surface area contributed by atoms with E-state index in [9.17, 15) is 9.18 Å². The van der Waals surface area contributed by atoms with E-state index in [1.807, 2.05) is 6.07 Å². The molecule has 0 bridgehead atoms. The fourth-order valence-electron chi connectivity index (χ4n) is 2.95. The van der Waals surface area contributed by atoms with Crippen molar-refractivity contribution in [3.63, 3.8) is 0 Å². The van der Waals surface area contributed by atoms with Gasteiger partial charge < -0.3 is 11.1 Å². The zero-order valence-corrected chi connectivity index (χ0v) is 12.9. The maximum atomic E-state index is 13.5. The molecule has 0 unspecified atom stereocenters. The van der Waals surface area contributed by atoms with E-state index in [2.05, 4.69) is 12.2 Å². The van der Waals surface area contributed by atoms with Crippen molar-refractivity contribution in [3.05, 3.63) is 35.1 Å². The molecule has 3 N–H and O–H groups in total. The highest BCUT2D eigenvalue weighted by Crippen LogP contribution is 2.38. The van der Waals surface area contributed by atoms with Crippen LogP contribution in [0.2, 0.25) is 0 Å². The molecule has 116 valence electrons. The summed E-state index contributed by atoms with van der Waals surface area (Å²) in [7, 11) is 0. The molecule has 1 fully saturated rings. The van der Waals surface area contributed by atoms with Crippen LogP contribution in [0.1, 0.15) is 43.7 Å². The highest BCUT2D eigenvalue weighted by molar-refractivity contribution is 5.83. The summed E-state index contributed by atoms with van der Waals surface area (Å²) in [4.78, 5) is 12.5. The van der Waals surface area contributed by atoms with Crippen molar-refractivity contribution >= 4 is 5.91 Å². The molecule has 3 nitrogen and oxygen atoms in total. The van der Waals surface area contributed by atoms with Gasteiger partial charge in [0.2, 0.25) is 5.91 Å². The molecule has 0 aliphatic heterocycles. The van der Waals surface area contributed by atoms with Crippen molar-refractivity contribution in [1.82, 2.24) is 5.32 Å². The number of nitrogens with two attached hydrogens (primary N) is 1. The molecule has 1 saturated carbocycles. The highest BCUT2D eigenvalue weighted by atomic mass is 19.1. The van der Waals surface area contributed by atoms with Crippen LogP contribution in [0, 0.1) is 24.1 Å². The molecule has 0 atom stereocenters. The van der Waals surface area contributed by atoms with Gasteiger partial charge in [-0.15, -0.1) is 0 Å². The molecule has 2 rings (SSSR count). The van der Waals surface area contributed by atoms with Crippen LogP contribution in [-0.2, 0) is 11.3 Å². The first-order chi connectivity index (χ1) is 9.97. The van der Waals surface area contributed by atoms with Crippen molar-refractivity contribution in [2.75, 3.05) is 6.54 Å². The topological polar surface area (TPSA) is 55.1 Å². The number of aryl methyl sites for hydroxylation is 1. The summed E-state index contributed by atoms with van der Waals surface area (Å²) in [6.45, 7) is 4.68. The summed E-state index contributed by atoms with van der Waals surface area (Å²) in [6.07, 6.45) is 3.78. The summed E-state index contributed by atoms with van der Waals surface area (Å²) in [5.41, 5.74) is 6.84. The predicted octanol–water partition coefficient (Wildman–Crippen LogP) is 2.91. The minimum absolute atomic E-state index is 0.0119. The maximum Gasteiger partial charge on any atom is 0.227 e. The Balaban J connectivity index is 1.98. The first-order valence-electron chi connectivity index (χ1n) is 7.70. The highest BCUT2D eigenvalue weighted by Gasteiger charge is 2.39. The first-order valence-corrected chi connectivity index (χ1v) is 7.70. The SMILES string of the molecule is Cc1ccc(CNC(=O)C2(CN)CCC(C)CC2)cc1F. The van der Waals surface area contributed by atoms with Gasteiger partial charge in [0, 0.05) is 13.1 Å². The van der Waals surface area contributed by atoms with Crippen LogP contribution in [-0.4, -0.2) is 12.5 Å². The van der Waals surface area contributed by atoms with Crippen molar-refractivity contribution in [2.24, 2.45) is 17.1 Å². The minimum atomic E-state index is -0.435. The molecule has 1 aliphatic rings. The number of amides is 1. The Kier molecular flexibility index (Phi) is 4.99. The molecular formula is C17H25FN2O. The number of hydrogen-bond acceptors (Lipinski definition) is 2. The van der Waals surface area contributed by atoms with Gasteiger partial charge in [0.05, 0.1) is 5.41 Å². The Morgan fingerprint density at radius 1 is 1.43 bits per heavy atom. The smallest absolute Gasteiger partial charge is 0.227 e. The third-order valence-corrected chi connectivity index (χ3v) is 4.79. The third kappa shape index (κ3) is 3.62. The third-order valence-electron chi connectivity index (χ3n) is 4.79. The van der Waals surface area contributed by atoms with E-state index in [0.29, 0.717) is 24.6 Å². The van der Waals surface area contributed by atoms with Gasteiger partial charge in [-0.1, -0.05) is 19.1 Å². The molecule has 0 saturated heterocycles. The lowest BCUT2D eigenvalue weighted by atomic mass is 9.70. The molecule has 0 aromatic heterocycles. The lowest BCUT2D eigenvalue weighted by Gasteiger charge is -2.37. The van der Waals surface area contributed by atoms with E-state index in [0.717, 1.165) is 31.2 Å². The Labute approximate surface area is 126 Å². The number of benzene rings is 1. The molecule has 4 heteroatoms. The van der Waals surface area contributed by atoms with Crippen LogP contribution >= 0.6 is 0 Å². The molecule has 1 aromatic rings. The lowest BCUT2D eigenvalue weighted by Crippen LogP contribution is -2.47. The standard InChI is InChI=1S/C17H25FN2O/c1-12-5-7-17(11-19,8-6-12)16(21)20-10-14-4-3-13(2)15(18)9-14/h3-4,9,12H,5-8,10-11,19H2,1-2H3,(H,20,21).